The molecule has 1 N–H and O–H groups in total. The van der Waals surface area contributed by atoms with E-state index < -0.39 is 0 Å². The number of nitrogens with one attached hydrogen (secondary N) is 1. The molecule has 6 heteroatoms. The van der Waals surface area contributed by atoms with Crippen molar-refractivity contribution in [2.45, 2.75) is 20.4 Å². The zero-order valence-electron chi connectivity index (χ0n) is 18.6. The minimum absolute atomic E-state index is 0.105. The summed E-state index contributed by atoms with van der Waals surface area (Å²) in [5, 5.41) is 7.88. The highest BCUT2D eigenvalue weighted by Gasteiger charge is 2.19. The van der Waals surface area contributed by atoms with E-state index in [0.29, 0.717) is 23.3 Å². The van der Waals surface area contributed by atoms with E-state index in [2.05, 4.69) is 15.4 Å². The monoisotopic (exact) mass is 435 g/mol. The lowest BCUT2D eigenvalue weighted by atomic mass is 10.1. The summed E-state index contributed by atoms with van der Waals surface area (Å²) in [5.74, 6) is 0.645. The Morgan fingerprint density at radius 3 is 2.33 bits per heavy atom. The highest BCUT2D eigenvalue weighted by molar-refractivity contribution is 6.12. The number of rotatable bonds is 6. The Morgan fingerprint density at radius 2 is 1.64 bits per heavy atom. The number of hydrogen-bond acceptors (Lipinski definition) is 5. The summed E-state index contributed by atoms with van der Waals surface area (Å²) in [5.41, 5.74) is 4.37. The first-order valence-electron chi connectivity index (χ1n) is 11.0. The molecule has 0 saturated carbocycles. The Labute approximate surface area is 193 Å². The molecule has 3 heterocycles. The van der Waals surface area contributed by atoms with Crippen LogP contribution in [0.2, 0.25) is 0 Å². The van der Waals surface area contributed by atoms with Gasteiger partial charge in [0.25, 0.3) is 0 Å². The van der Waals surface area contributed by atoms with E-state index in [1.54, 1.807) is 29.0 Å². The highest BCUT2D eigenvalue weighted by atomic mass is 16.1. The van der Waals surface area contributed by atoms with E-state index in [1.807, 2.05) is 86.8 Å². The molecule has 3 aromatic heterocycles. The van der Waals surface area contributed by atoms with Crippen LogP contribution >= 0.6 is 0 Å². The number of hydrogen-bond donors (Lipinski definition) is 1. The molecule has 0 unspecified atom stereocenters. The number of anilines is 1. The van der Waals surface area contributed by atoms with Crippen molar-refractivity contribution in [3.05, 3.63) is 114 Å². The van der Waals surface area contributed by atoms with Gasteiger partial charge in [-0.3, -0.25) is 9.78 Å². The fourth-order valence-electron chi connectivity index (χ4n) is 3.45. The maximum atomic E-state index is 13.1. The van der Waals surface area contributed by atoms with Crippen LogP contribution in [-0.2, 0) is 6.54 Å². The predicted molar refractivity (Wildman–Crippen MR) is 131 cm³/mol. The second-order valence-corrected chi connectivity index (χ2v) is 7.10. The topological polar surface area (TPSA) is 72.2 Å². The van der Waals surface area contributed by atoms with Gasteiger partial charge in [-0.25, -0.2) is 4.98 Å². The Kier molecular flexibility index (Phi) is 6.85. The average molecular weight is 436 g/mol. The largest absolute Gasteiger partial charge is 0.366 e. The van der Waals surface area contributed by atoms with Crippen LogP contribution in [0.1, 0.15) is 35.3 Å². The van der Waals surface area contributed by atoms with Gasteiger partial charge in [-0.2, -0.15) is 9.61 Å². The molecule has 0 aliphatic rings. The maximum Gasteiger partial charge on any atom is 0.198 e. The average Bonchev–Trinajstić information content (AvgIpc) is 3.34. The standard InChI is InChI=1S/C25H19N5O.C2H6/c31-24(20-11-5-2-6-12-20)21-17-28-30-23(27-16-18-8-7-13-26-15-18)14-22(29-25(21)30)19-9-3-1-4-10-19;1-2/h1-15,17,27H,16H2;1-2H3. The van der Waals surface area contributed by atoms with Crippen LogP contribution in [0, 0.1) is 0 Å². The third-order valence-corrected chi connectivity index (χ3v) is 5.02. The van der Waals surface area contributed by atoms with Crippen molar-refractivity contribution < 1.29 is 4.79 Å². The van der Waals surface area contributed by atoms with Gasteiger partial charge in [0.2, 0.25) is 0 Å². The maximum absolute atomic E-state index is 13.1. The number of benzene rings is 2. The molecule has 0 aliphatic heterocycles. The van der Waals surface area contributed by atoms with Gasteiger partial charge >= 0.3 is 0 Å². The number of carbonyl (C=O) groups excluding carboxylic acids is 1. The van der Waals surface area contributed by atoms with Crippen LogP contribution in [0.25, 0.3) is 16.9 Å². The number of ketones is 1. The lowest BCUT2D eigenvalue weighted by molar-refractivity contribution is 0.104. The van der Waals surface area contributed by atoms with Crippen LogP contribution in [0.3, 0.4) is 0 Å². The van der Waals surface area contributed by atoms with E-state index >= 15 is 0 Å². The number of pyridine rings is 1. The summed E-state index contributed by atoms with van der Waals surface area (Å²) < 4.78 is 1.68. The molecule has 0 amide bonds. The first-order valence-corrected chi connectivity index (χ1v) is 11.0. The number of aromatic nitrogens is 4. The summed E-state index contributed by atoms with van der Waals surface area (Å²) in [6.45, 7) is 4.57. The normalized spacial score (nSPS) is 10.4. The smallest absolute Gasteiger partial charge is 0.198 e. The van der Waals surface area contributed by atoms with Crippen molar-refractivity contribution in [1.82, 2.24) is 19.6 Å². The van der Waals surface area contributed by atoms with Gasteiger partial charge in [0.05, 0.1) is 17.5 Å². The molecule has 5 rings (SSSR count). The zero-order chi connectivity index (χ0) is 23.0. The van der Waals surface area contributed by atoms with Crippen LogP contribution in [-0.4, -0.2) is 25.4 Å². The van der Waals surface area contributed by atoms with E-state index in [-0.39, 0.29) is 5.78 Å². The molecule has 6 nitrogen and oxygen atoms in total. The zero-order valence-corrected chi connectivity index (χ0v) is 18.6. The van der Waals surface area contributed by atoms with Crippen molar-refractivity contribution in [3.8, 4) is 11.3 Å². The third kappa shape index (κ3) is 4.80. The molecule has 0 bridgehead atoms. The summed E-state index contributed by atoms with van der Waals surface area (Å²) in [6, 6.07) is 24.9. The van der Waals surface area contributed by atoms with Crippen LogP contribution in [0.5, 0.6) is 0 Å². The fraction of sp³-hybridized carbons (Fsp3) is 0.111. The molecule has 5 aromatic rings. The van der Waals surface area contributed by atoms with Crippen LogP contribution in [0.15, 0.2) is 97.5 Å². The van der Waals surface area contributed by atoms with Gasteiger partial charge in [-0.1, -0.05) is 80.6 Å². The lowest BCUT2D eigenvalue weighted by Gasteiger charge is -2.11. The van der Waals surface area contributed by atoms with Crippen molar-refractivity contribution >= 4 is 17.2 Å². The molecular formula is C27H25N5O. The van der Waals surface area contributed by atoms with Gasteiger partial charge < -0.3 is 5.32 Å². The molecule has 0 radical (unpaired) electrons. The molecule has 0 atom stereocenters. The molecular weight excluding hydrogens is 410 g/mol. The summed E-state index contributed by atoms with van der Waals surface area (Å²) in [6.07, 6.45) is 5.15. The number of carbonyl (C=O) groups is 1. The Morgan fingerprint density at radius 1 is 0.909 bits per heavy atom. The van der Waals surface area contributed by atoms with Crippen molar-refractivity contribution in [1.29, 1.82) is 0 Å². The predicted octanol–water partition coefficient (Wildman–Crippen LogP) is 5.66. The Hall–Kier alpha value is -4.32. The minimum Gasteiger partial charge on any atom is -0.366 e. The Balaban J connectivity index is 0.00000126. The highest BCUT2D eigenvalue weighted by Crippen LogP contribution is 2.25. The summed E-state index contributed by atoms with van der Waals surface area (Å²) >= 11 is 0. The first-order chi connectivity index (χ1) is 16.3. The van der Waals surface area contributed by atoms with Crippen molar-refractivity contribution in [2.24, 2.45) is 0 Å². The second kappa shape index (κ2) is 10.3. The van der Waals surface area contributed by atoms with Crippen LogP contribution < -0.4 is 5.32 Å². The molecule has 33 heavy (non-hydrogen) atoms. The Bertz CT molecular complexity index is 1330. The van der Waals surface area contributed by atoms with E-state index in [9.17, 15) is 4.79 Å². The number of fused-ring (bicyclic) bond motifs is 1. The van der Waals surface area contributed by atoms with E-state index in [4.69, 9.17) is 4.98 Å². The fourth-order valence-corrected chi connectivity index (χ4v) is 3.45. The quantitative estimate of drug-likeness (QED) is 0.348. The van der Waals surface area contributed by atoms with Gasteiger partial charge in [0.15, 0.2) is 11.4 Å². The van der Waals surface area contributed by atoms with Crippen LogP contribution in [0.4, 0.5) is 5.82 Å². The molecule has 0 spiro atoms. The van der Waals surface area contributed by atoms with Crippen molar-refractivity contribution in [3.63, 3.8) is 0 Å². The SMILES string of the molecule is CC.O=C(c1ccccc1)c1cnn2c(NCc3cccnc3)cc(-c3ccccc3)nc12. The summed E-state index contributed by atoms with van der Waals surface area (Å²) in [7, 11) is 0. The second-order valence-electron chi connectivity index (χ2n) is 7.10. The summed E-state index contributed by atoms with van der Waals surface area (Å²) in [4.78, 5) is 22.1. The molecule has 164 valence electrons. The van der Waals surface area contributed by atoms with E-state index in [0.717, 1.165) is 22.6 Å². The number of nitrogens with zero attached hydrogens (tertiary/aromatic N) is 4. The first kappa shape index (κ1) is 21.9. The van der Waals surface area contributed by atoms with Gasteiger partial charge in [0.1, 0.15) is 5.82 Å². The third-order valence-electron chi connectivity index (χ3n) is 5.02. The van der Waals surface area contributed by atoms with Crippen molar-refractivity contribution in [2.75, 3.05) is 5.32 Å². The lowest BCUT2D eigenvalue weighted by Crippen LogP contribution is -2.08. The minimum atomic E-state index is -0.105. The van der Waals surface area contributed by atoms with Gasteiger partial charge in [-0.05, 0) is 11.6 Å². The van der Waals surface area contributed by atoms with Gasteiger partial charge in [-0.15, -0.1) is 0 Å². The molecule has 2 aromatic carbocycles. The van der Waals surface area contributed by atoms with E-state index in [1.165, 1.54) is 0 Å². The molecule has 0 saturated heterocycles. The van der Waals surface area contributed by atoms with Gasteiger partial charge in [0, 0.05) is 36.1 Å². The molecule has 0 fully saturated rings. The molecule has 0 aliphatic carbocycles.